The summed E-state index contributed by atoms with van der Waals surface area (Å²) in [6, 6.07) is 5.02. The van der Waals surface area contributed by atoms with Gasteiger partial charge in [0.15, 0.2) is 0 Å². The summed E-state index contributed by atoms with van der Waals surface area (Å²) in [5.41, 5.74) is 2.37. The van der Waals surface area contributed by atoms with Gasteiger partial charge in [-0.05, 0) is 49.4 Å². The Balaban J connectivity index is 1.27. The number of nitrogens with zero attached hydrogens (tertiary/aromatic N) is 3. The molecule has 1 aliphatic carbocycles. The number of benzene rings is 1. The number of amides is 3. The van der Waals surface area contributed by atoms with Crippen molar-refractivity contribution >= 4 is 38.8 Å². The number of nitrogens with one attached hydrogen (secondary N) is 1. The lowest BCUT2D eigenvalue weighted by molar-refractivity contribution is -0.128. The number of sulfonamides is 1. The van der Waals surface area contributed by atoms with E-state index in [9.17, 15) is 22.8 Å². The van der Waals surface area contributed by atoms with E-state index in [2.05, 4.69) is 5.32 Å². The van der Waals surface area contributed by atoms with Gasteiger partial charge in [-0.15, -0.1) is 0 Å². The average Bonchev–Trinajstić information content (AvgIpc) is 3.39. The maximum atomic E-state index is 13.1. The third-order valence-corrected chi connectivity index (χ3v) is 9.14. The Morgan fingerprint density at radius 3 is 2.53 bits per heavy atom. The Morgan fingerprint density at radius 1 is 1.12 bits per heavy atom. The van der Waals surface area contributed by atoms with E-state index in [1.807, 2.05) is 17.0 Å². The van der Waals surface area contributed by atoms with Crippen LogP contribution in [0.1, 0.15) is 24.5 Å². The fourth-order valence-corrected chi connectivity index (χ4v) is 6.62. The Hall–Kier alpha value is -1.95. The highest BCUT2D eigenvalue weighted by atomic mass is 32.2. The lowest BCUT2D eigenvalue weighted by atomic mass is 10.1. The summed E-state index contributed by atoms with van der Waals surface area (Å²) < 4.78 is 27.7. The van der Waals surface area contributed by atoms with Gasteiger partial charge in [-0.2, -0.15) is 4.31 Å². The van der Waals surface area contributed by atoms with Crippen LogP contribution < -0.4 is 5.32 Å². The number of rotatable bonds is 7. The topological polar surface area (TPSA) is 107 Å². The number of hydrogen-bond acceptors (Lipinski definition) is 7. The van der Waals surface area contributed by atoms with E-state index < -0.39 is 16.1 Å². The molecule has 4 rings (SSSR count). The number of thioether (sulfide) groups is 1. The lowest BCUT2D eigenvalue weighted by Crippen LogP contribution is -2.55. The first-order chi connectivity index (χ1) is 15.3. The zero-order valence-corrected chi connectivity index (χ0v) is 19.7. The highest BCUT2D eigenvalue weighted by molar-refractivity contribution is 8.14. The van der Waals surface area contributed by atoms with Crippen LogP contribution in [0.25, 0.3) is 0 Å². The summed E-state index contributed by atoms with van der Waals surface area (Å²) in [6.07, 6.45) is 3.01. The van der Waals surface area contributed by atoms with Crippen molar-refractivity contribution in [2.45, 2.75) is 37.1 Å². The maximum Gasteiger partial charge on any atom is 0.288 e. The number of carbonyl (C=O) groups is 3. The molecule has 2 heterocycles. The number of imide groups is 1. The van der Waals surface area contributed by atoms with Crippen LogP contribution in [0.3, 0.4) is 0 Å². The number of hydrogen-bond donors (Lipinski definition) is 1. The van der Waals surface area contributed by atoms with Crippen molar-refractivity contribution in [3.8, 4) is 0 Å². The Bertz CT molecular complexity index is 1010. The van der Waals surface area contributed by atoms with Gasteiger partial charge in [-0.25, -0.2) is 8.42 Å². The molecule has 0 saturated carbocycles. The molecule has 3 aliphatic rings. The standard InChI is InChI=1S/C21H28N4O5S2/c1-15(20(27)22-7-8-25-19(26)14-31-21(25)28)23-9-11-24(12-10-23)32(29,30)18-6-5-16-3-2-4-17(16)13-18/h5-6,13,15H,2-4,7-12,14H2,1H3,(H,22,27). The van der Waals surface area contributed by atoms with Crippen LogP contribution >= 0.6 is 11.8 Å². The minimum absolute atomic E-state index is 0.155. The molecule has 2 saturated heterocycles. The first-order valence-corrected chi connectivity index (χ1v) is 13.3. The molecule has 0 bridgehead atoms. The minimum Gasteiger partial charge on any atom is -0.353 e. The van der Waals surface area contributed by atoms with Crippen molar-refractivity contribution in [1.29, 1.82) is 0 Å². The van der Waals surface area contributed by atoms with E-state index in [1.54, 1.807) is 13.0 Å². The van der Waals surface area contributed by atoms with E-state index in [-0.39, 0.29) is 35.9 Å². The minimum atomic E-state index is -3.55. The molecular formula is C21H28N4O5S2. The predicted molar refractivity (Wildman–Crippen MR) is 121 cm³/mol. The van der Waals surface area contributed by atoms with Crippen LogP contribution in [0.4, 0.5) is 4.79 Å². The van der Waals surface area contributed by atoms with Crippen molar-refractivity contribution in [2.75, 3.05) is 45.0 Å². The van der Waals surface area contributed by atoms with Crippen LogP contribution in [0.5, 0.6) is 0 Å². The summed E-state index contributed by atoms with van der Waals surface area (Å²) in [4.78, 5) is 39.2. The molecule has 2 fully saturated rings. The smallest absolute Gasteiger partial charge is 0.288 e. The van der Waals surface area contributed by atoms with Crippen molar-refractivity contribution in [2.24, 2.45) is 0 Å². The fourth-order valence-electron chi connectivity index (χ4n) is 4.39. The van der Waals surface area contributed by atoms with Gasteiger partial charge in [-0.1, -0.05) is 17.8 Å². The van der Waals surface area contributed by atoms with Crippen molar-refractivity contribution in [3.63, 3.8) is 0 Å². The van der Waals surface area contributed by atoms with E-state index in [0.717, 1.165) is 41.5 Å². The van der Waals surface area contributed by atoms with Gasteiger partial charge in [0.25, 0.3) is 5.24 Å². The number of piperazine rings is 1. The zero-order valence-electron chi connectivity index (χ0n) is 18.1. The van der Waals surface area contributed by atoms with Crippen LogP contribution in [-0.4, -0.2) is 90.6 Å². The molecule has 2 aliphatic heterocycles. The third-order valence-electron chi connectivity index (χ3n) is 6.38. The highest BCUT2D eigenvalue weighted by Crippen LogP contribution is 2.27. The summed E-state index contributed by atoms with van der Waals surface area (Å²) in [5, 5.41) is 2.49. The SMILES string of the molecule is CC(C(=O)NCCN1C(=O)CSC1=O)N1CCN(S(=O)(=O)c2ccc3c(c2)CCC3)CC1. The van der Waals surface area contributed by atoms with Crippen LogP contribution in [0, 0.1) is 0 Å². The molecule has 32 heavy (non-hydrogen) atoms. The molecule has 1 aromatic carbocycles. The second-order valence-corrected chi connectivity index (χ2v) is 11.2. The summed E-state index contributed by atoms with van der Waals surface area (Å²) in [5.74, 6) is -0.281. The van der Waals surface area contributed by atoms with Crippen LogP contribution in [0.15, 0.2) is 23.1 Å². The molecule has 11 heteroatoms. The van der Waals surface area contributed by atoms with Gasteiger partial charge in [0, 0.05) is 39.3 Å². The van der Waals surface area contributed by atoms with Crippen LogP contribution in [-0.2, 0) is 32.5 Å². The molecule has 0 aromatic heterocycles. The largest absolute Gasteiger partial charge is 0.353 e. The Morgan fingerprint density at radius 2 is 1.84 bits per heavy atom. The summed E-state index contributed by atoms with van der Waals surface area (Å²) in [6.45, 7) is 3.71. The van der Waals surface area contributed by atoms with Gasteiger partial charge in [0.1, 0.15) is 0 Å². The monoisotopic (exact) mass is 480 g/mol. The molecule has 3 amide bonds. The van der Waals surface area contributed by atoms with Crippen LogP contribution in [0.2, 0.25) is 0 Å². The second kappa shape index (κ2) is 9.50. The molecule has 0 spiro atoms. The molecular weight excluding hydrogens is 452 g/mol. The van der Waals surface area contributed by atoms with E-state index in [4.69, 9.17) is 0 Å². The predicted octanol–water partition coefficient (Wildman–Crippen LogP) is 0.682. The lowest BCUT2D eigenvalue weighted by Gasteiger charge is -2.36. The molecule has 1 unspecified atom stereocenters. The van der Waals surface area contributed by atoms with Crippen molar-refractivity contribution < 1.29 is 22.8 Å². The second-order valence-electron chi connectivity index (χ2n) is 8.29. The third kappa shape index (κ3) is 4.70. The van der Waals surface area contributed by atoms with E-state index in [1.165, 1.54) is 9.87 Å². The van der Waals surface area contributed by atoms with Gasteiger partial charge in [0.05, 0.1) is 16.7 Å². The van der Waals surface area contributed by atoms with Crippen molar-refractivity contribution in [1.82, 2.24) is 19.4 Å². The maximum absolute atomic E-state index is 13.1. The van der Waals surface area contributed by atoms with Crippen molar-refractivity contribution in [3.05, 3.63) is 29.3 Å². The normalized spacial score (nSPS) is 21.1. The van der Waals surface area contributed by atoms with E-state index in [0.29, 0.717) is 31.1 Å². The van der Waals surface area contributed by atoms with Gasteiger partial charge in [-0.3, -0.25) is 24.2 Å². The Labute approximate surface area is 192 Å². The molecule has 1 N–H and O–H groups in total. The highest BCUT2D eigenvalue weighted by Gasteiger charge is 2.33. The quantitative estimate of drug-likeness (QED) is 0.612. The first-order valence-electron chi connectivity index (χ1n) is 10.9. The first kappa shape index (κ1) is 23.2. The summed E-state index contributed by atoms with van der Waals surface area (Å²) in [7, 11) is -3.55. The van der Waals surface area contributed by atoms with Gasteiger partial charge >= 0.3 is 0 Å². The van der Waals surface area contributed by atoms with E-state index >= 15 is 0 Å². The molecule has 9 nitrogen and oxygen atoms in total. The molecule has 174 valence electrons. The van der Waals surface area contributed by atoms with Gasteiger partial charge in [0.2, 0.25) is 21.8 Å². The summed E-state index contributed by atoms with van der Waals surface area (Å²) >= 11 is 0.970. The number of fused-ring (bicyclic) bond motifs is 1. The fraction of sp³-hybridized carbons (Fsp3) is 0.571. The molecule has 1 atom stereocenters. The Kier molecular flexibility index (Phi) is 6.89. The average molecular weight is 481 g/mol. The number of aryl methyl sites for hydroxylation is 2. The zero-order chi connectivity index (χ0) is 22.9. The molecule has 0 radical (unpaired) electrons. The molecule has 1 aromatic rings. The van der Waals surface area contributed by atoms with Gasteiger partial charge < -0.3 is 5.32 Å². The number of carbonyl (C=O) groups excluding carboxylic acids is 3.